The molecule has 0 radical (unpaired) electrons. The number of rotatable bonds is 4. The van der Waals surface area contributed by atoms with E-state index in [1.54, 1.807) is 24.3 Å². The first-order valence-corrected chi connectivity index (χ1v) is 8.17. The number of halogens is 2. The summed E-state index contributed by atoms with van der Waals surface area (Å²) in [5.74, 6) is 0.206. The Morgan fingerprint density at radius 1 is 1.04 bits per heavy atom. The van der Waals surface area contributed by atoms with Crippen molar-refractivity contribution in [3.63, 3.8) is 0 Å². The molecule has 0 unspecified atom stereocenters. The van der Waals surface area contributed by atoms with Crippen LogP contribution in [0.25, 0.3) is 0 Å². The summed E-state index contributed by atoms with van der Waals surface area (Å²) < 4.78 is 0. The Kier molecular flexibility index (Phi) is 5.16. The summed E-state index contributed by atoms with van der Waals surface area (Å²) in [6.07, 6.45) is 1.35. The number of carbonyl (C=O) groups is 1. The molecule has 1 amide bonds. The number of aromatic nitrogens is 2. The van der Waals surface area contributed by atoms with Gasteiger partial charge in [-0.3, -0.25) is 4.79 Å². The maximum absolute atomic E-state index is 12.5. The standard InChI is InChI=1S/C18H14Cl2N4O/c1-24(13-5-3-2-4-6-13)17-10-16(21-11-22-17)18(25)23-15-9-12(19)7-8-14(15)20/h2-11H,1H3,(H,23,25). The number of benzene rings is 2. The van der Waals surface area contributed by atoms with Crippen molar-refractivity contribution in [3.8, 4) is 0 Å². The Labute approximate surface area is 155 Å². The normalized spacial score (nSPS) is 10.4. The number of nitrogens with zero attached hydrogens (tertiary/aromatic N) is 3. The number of para-hydroxylation sites is 1. The van der Waals surface area contributed by atoms with Crippen LogP contribution in [0.15, 0.2) is 60.9 Å². The lowest BCUT2D eigenvalue weighted by molar-refractivity contribution is 0.102. The molecule has 0 spiro atoms. The van der Waals surface area contributed by atoms with Gasteiger partial charge in [-0.25, -0.2) is 9.97 Å². The van der Waals surface area contributed by atoms with E-state index in [2.05, 4.69) is 15.3 Å². The van der Waals surface area contributed by atoms with Crippen molar-refractivity contribution < 1.29 is 4.79 Å². The molecule has 0 saturated carbocycles. The van der Waals surface area contributed by atoms with Gasteiger partial charge in [0.2, 0.25) is 0 Å². The fourth-order valence-electron chi connectivity index (χ4n) is 2.22. The monoisotopic (exact) mass is 372 g/mol. The number of anilines is 3. The largest absolute Gasteiger partial charge is 0.329 e. The summed E-state index contributed by atoms with van der Waals surface area (Å²) >= 11 is 12.0. The van der Waals surface area contributed by atoms with E-state index in [0.717, 1.165) is 5.69 Å². The predicted molar refractivity (Wildman–Crippen MR) is 101 cm³/mol. The number of nitrogens with one attached hydrogen (secondary N) is 1. The molecule has 1 heterocycles. The molecule has 25 heavy (non-hydrogen) atoms. The number of hydrogen-bond donors (Lipinski definition) is 1. The van der Waals surface area contributed by atoms with Crippen LogP contribution in [0, 0.1) is 0 Å². The summed E-state index contributed by atoms with van der Waals surface area (Å²) in [6, 6.07) is 16.2. The first-order valence-electron chi connectivity index (χ1n) is 7.42. The van der Waals surface area contributed by atoms with Gasteiger partial charge in [0.1, 0.15) is 17.8 Å². The lowest BCUT2D eigenvalue weighted by Gasteiger charge is -2.18. The second kappa shape index (κ2) is 7.51. The maximum atomic E-state index is 12.5. The Bertz CT molecular complexity index is 903. The van der Waals surface area contributed by atoms with Crippen LogP contribution >= 0.6 is 23.2 Å². The van der Waals surface area contributed by atoms with Gasteiger partial charge in [0.25, 0.3) is 5.91 Å². The van der Waals surface area contributed by atoms with Crippen LogP contribution in [0.5, 0.6) is 0 Å². The fourth-order valence-corrected chi connectivity index (χ4v) is 2.56. The van der Waals surface area contributed by atoms with Crippen LogP contribution in [0.4, 0.5) is 17.2 Å². The van der Waals surface area contributed by atoms with Gasteiger partial charge in [-0.05, 0) is 30.3 Å². The lowest BCUT2D eigenvalue weighted by atomic mass is 10.2. The molecule has 3 aromatic rings. The van der Waals surface area contributed by atoms with Crippen molar-refractivity contribution in [2.24, 2.45) is 0 Å². The molecule has 126 valence electrons. The van der Waals surface area contributed by atoms with Gasteiger partial charge >= 0.3 is 0 Å². The van der Waals surface area contributed by atoms with Crippen LogP contribution < -0.4 is 10.2 Å². The molecule has 0 bridgehead atoms. The molecule has 0 aliphatic rings. The van der Waals surface area contributed by atoms with Crippen LogP contribution in [0.1, 0.15) is 10.5 Å². The average Bonchev–Trinajstić information content (AvgIpc) is 2.65. The molecule has 0 saturated heterocycles. The minimum atomic E-state index is -0.394. The molecular weight excluding hydrogens is 359 g/mol. The maximum Gasteiger partial charge on any atom is 0.274 e. The van der Waals surface area contributed by atoms with E-state index in [9.17, 15) is 4.79 Å². The third-order valence-electron chi connectivity index (χ3n) is 3.55. The predicted octanol–water partition coefficient (Wildman–Crippen LogP) is 4.80. The fraction of sp³-hybridized carbons (Fsp3) is 0.0556. The van der Waals surface area contributed by atoms with E-state index < -0.39 is 5.91 Å². The van der Waals surface area contributed by atoms with Gasteiger partial charge in [-0.15, -0.1) is 0 Å². The van der Waals surface area contributed by atoms with Crippen molar-refractivity contribution in [2.45, 2.75) is 0 Å². The van der Waals surface area contributed by atoms with E-state index in [-0.39, 0.29) is 5.69 Å². The summed E-state index contributed by atoms with van der Waals surface area (Å²) in [7, 11) is 1.87. The Hall–Kier alpha value is -2.63. The van der Waals surface area contributed by atoms with Crippen molar-refractivity contribution in [1.82, 2.24) is 9.97 Å². The van der Waals surface area contributed by atoms with Crippen LogP contribution in [-0.2, 0) is 0 Å². The zero-order valence-electron chi connectivity index (χ0n) is 13.3. The number of carbonyl (C=O) groups excluding carboxylic acids is 1. The highest BCUT2D eigenvalue weighted by Gasteiger charge is 2.13. The molecule has 3 rings (SSSR count). The molecule has 7 heteroatoms. The summed E-state index contributed by atoms with van der Waals surface area (Å²) in [6.45, 7) is 0. The van der Waals surface area contributed by atoms with Crippen molar-refractivity contribution in [3.05, 3.63) is 76.7 Å². The van der Waals surface area contributed by atoms with E-state index in [0.29, 0.717) is 21.6 Å². The SMILES string of the molecule is CN(c1ccccc1)c1cc(C(=O)Nc2cc(Cl)ccc2Cl)ncn1. The van der Waals surface area contributed by atoms with Crippen molar-refractivity contribution in [1.29, 1.82) is 0 Å². The van der Waals surface area contributed by atoms with Gasteiger partial charge in [0.15, 0.2) is 0 Å². The first kappa shape index (κ1) is 17.2. The first-order chi connectivity index (χ1) is 12.0. The summed E-state index contributed by atoms with van der Waals surface area (Å²) in [5.41, 5.74) is 1.60. The average molecular weight is 373 g/mol. The molecule has 0 aliphatic heterocycles. The van der Waals surface area contributed by atoms with E-state index >= 15 is 0 Å². The minimum Gasteiger partial charge on any atom is -0.329 e. The molecule has 0 aliphatic carbocycles. The van der Waals surface area contributed by atoms with Gasteiger partial charge in [0.05, 0.1) is 10.7 Å². The third-order valence-corrected chi connectivity index (χ3v) is 4.11. The molecule has 2 aromatic carbocycles. The molecule has 5 nitrogen and oxygen atoms in total. The summed E-state index contributed by atoms with van der Waals surface area (Å²) in [4.78, 5) is 22.6. The molecule has 0 atom stereocenters. The van der Waals surface area contributed by atoms with Crippen LogP contribution in [-0.4, -0.2) is 22.9 Å². The number of hydrogen-bond acceptors (Lipinski definition) is 4. The van der Waals surface area contributed by atoms with E-state index in [1.807, 2.05) is 42.3 Å². The van der Waals surface area contributed by atoms with Gasteiger partial charge in [-0.1, -0.05) is 41.4 Å². The van der Waals surface area contributed by atoms with Crippen LogP contribution in [0.2, 0.25) is 10.0 Å². The molecule has 0 fully saturated rings. The second-order valence-electron chi connectivity index (χ2n) is 5.23. The van der Waals surface area contributed by atoms with Gasteiger partial charge in [0, 0.05) is 23.8 Å². The van der Waals surface area contributed by atoms with E-state index in [1.165, 1.54) is 6.33 Å². The second-order valence-corrected chi connectivity index (χ2v) is 6.08. The highest BCUT2D eigenvalue weighted by molar-refractivity contribution is 6.35. The van der Waals surface area contributed by atoms with Gasteiger partial charge < -0.3 is 10.2 Å². The molecule has 1 N–H and O–H groups in total. The Morgan fingerprint density at radius 2 is 1.80 bits per heavy atom. The smallest absolute Gasteiger partial charge is 0.274 e. The number of amides is 1. The van der Waals surface area contributed by atoms with Crippen molar-refractivity contribution >= 4 is 46.3 Å². The highest BCUT2D eigenvalue weighted by Crippen LogP contribution is 2.26. The Balaban J connectivity index is 1.83. The van der Waals surface area contributed by atoms with Gasteiger partial charge in [-0.2, -0.15) is 0 Å². The van der Waals surface area contributed by atoms with Crippen molar-refractivity contribution in [2.75, 3.05) is 17.3 Å². The third kappa shape index (κ3) is 4.07. The Morgan fingerprint density at radius 3 is 2.56 bits per heavy atom. The lowest BCUT2D eigenvalue weighted by Crippen LogP contribution is -2.17. The van der Waals surface area contributed by atoms with E-state index in [4.69, 9.17) is 23.2 Å². The van der Waals surface area contributed by atoms with Crippen LogP contribution in [0.3, 0.4) is 0 Å². The summed E-state index contributed by atoms with van der Waals surface area (Å²) in [5, 5.41) is 3.58. The molecular formula is C18H14Cl2N4O. The topological polar surface area (TPSA) is 58.1 Å². The molecule has 1 aromatic heterocycles. The highest BCUT2D eigenvalue weighted by atomic mass is 35.5. The minimum absolute atomic E-state index is 0.226. The zero-order chi connectivity index (χ0) is 17.8. The zero-order valence-corrected chi connectivity index (χ0v) is 14.8. The quantitative estimate of drug-likeness (QED) is 0.714.